The molecule has 0 atom stereocenters. The Morgan fingerprint density at radius 1 is 1.07 bits per heavy atom. The number of benzene rings is 1. The second-order valence-electron chi connectivity index (χ2n) is 7.01. The molecular weight excluding hydrogens is 374 g/mol. The van der Waals surface area contributed by atoms with Crippen LogP contribution in [0.3, 0.4) is 0 Å². The van der Waals surface area contributed by atoms with Gasteiger partial charge in [0.05, 0.1) is 16.2 Å². The van der Waals surface area contributed by atoms with Gasteiger partial charge in [-0.05, 0) is 36.6 Å². The molecule has 1 aliphatic heterocycles. The molecule has 28 heavy (non-hydrogen) atoms. The summed E-state index contributed by atoms with van der Waals surface area (Å²) in [7, 11) is -3.46. The monoisotopic (exact) mass is 401 g/mol. The molecule has 2 aromatic rings. The Hall–Kier alpha value is -2.41. The van der Waals surface area contributed by atoms with Gasteiger partial charge in [0.2, 0.25) is 0 Å². The van der Waals surface area contributed by atoms with Crippen molar-refractivity contribution in [2.24, 2.45) is 0 Å². The Balaban J connectivity index is 1.65. The Morgan fingerprint density at radius 3 is 2.43 bits per heavy atom. The van der Waals surface area contributed by atoms with E-state index in [4.69, 9.17) is 0 Å². The van der Waals surface area contributed by atoms with Crippen LogP contribution in [0.1, 0.15) is 48.5 Å². The van der Waals surface area contributed by atoms with Gasteiger partial charge in [0, 0.05) is 25.8 Å². The molecule has 0 aliphatic carbocycles. The largest absolute Gasteiger partial charge is 0.357 e. The van der Waals surface area contributed by atoms with Crippen LogP contribution >= 0.6 is 0 Å². The highest BCUT2D eigenvalue weighted by atomic mass is 32.2. The maximum Gasteiger partial charge on any atom is 0.252 e. The lowest BCUT2D eigenvalue weighted by atomic mass is 10.2. The van der Waals surface area contributed by atoms with Crippen LogP contribution in [0.2, 0.25) is 0 Å². The summed E-state index contributed by atoms with van der Waals surface area (Å²) < 4.78 is 24.4. The molecule has 0 unspecified atom stereocenters. The number of rotatable bonds is 6. The van der Waals surface area contributed by atoms with Gasteiger partial charge in [-0.2, -0.15) is 0 Å². The number of anilines is 1. The van der Waals surface area contributed by atoms with Crippen molar-refractivity contribution in [2.45, 2.75) is 44.0 Å². The van der Waals surface area contributed by atoms with Gasteiger partial charge >= 0.3 is 0 Å². The number of aromatic nitrogens is 1. The highest BCUT2D eigenvalue weighted by Gasteiger charge is 2.20. The number of hydrogen-bond donors (Lipinski definition) is 1. The predicted molar refractivity (Wildman–Crippen MR) is 110 cm³/mol. The number of nitrogens with one attached hydrogen (secondary N) is 1. The first kappa shape index (κ1) is 20.3. The summed E-state index contributed by atoms with van der Waals surface area (Å²) in [5.41, 5.74) is 1.06. The molecule has 1 N–H and O–H groups in total. The fourth-order valence-corrected chi connectivity index (χ4v) is 4.46. The van der Waals surface area contributed by atoms with E-state index in [1.54, 1.807) is 31.3 Å². The average molecular weight is 402 g/mol. The van der Waals surface area contributed by atoms with Crippen molar-refractivity contribution in [3.63, 3.8) is 0 Å². The number of pyridine rings is 1. The Morgan fingerprint density at radius 2 is 1.79 bits per heavy atom. The third-order valence-electron chi connectivity index (χ3n) is 5.04. The van der Waals surface area contributed by atoms with Crippen LogP contribution in [0.4, 0.5) is 5.82 Å². The van der Waals surface area contributed by atoms with Gasteiger partial charge in [-0.15, -0.1) is 0 Å². The van der Waals surface area contributed by atoms with Crippen LogP contribution < -0.4 is 10.2 Å². The van der Waals surface area contributed by atoms with E-state index in [1.807, 2.05) is 12.1 Å². The molecule has 0 spiro atoms. The van der Waals surface area contributed by atoms with Crippen LogP contribution in [0.5, 0.6) is 0 Å². The zero-order chi connectivity index (χ0) is 20.0. The van der Waals surface area contributed by atoms with Crippen molar-refractivity contribution in [3.8, 4) is 0 Å². The van der Waals surface area contributed by atoms with E-state index in [-0.39, 0.29) is 16.2 Å². The maximum atomic E-state index is 12.5. The molecule has 1 saturated heterocycles. The number of nitrogens with zero attached hydrogens (tertiary/aromatic N) is 2. The summed E-state index contributed by atoms with van der Waals surface area (Å²) in [5.74, 6) is 0.527. The van der Waals surface area contributed by atoms with Gasteiger partial charge in [-0.25, -0.2) is 13.4 Å². The second kappa shape index (κ2) is 9.19. The normalized spacial score (nSPS) is 15.1. The topological polar surface area (TPSA) is 79.4 Å². The average Bonchev–Trinajstić information content (AvgIpc) is 3.02. The molecule has 1 fully saturated rings. The molecule has 1 aromatic carbocycles. The summed E-state index contributed by atoms with van der Waals surface area (Å²) in [5, 5.41) is 2.80. The lowest BCUT2D eigenvalue weighted by Crippen LogP contribution is -2.26. The van der Waals surface area contributed by atoms with Gasteiger partial charge in [-0.1, -0.05) is 38.0 Å². The fourth-order valence-electron chi connectivity index (χ4n) is 3.37. The van der Waals surface area contributed by atoms with E-state index in [9.17, 15) is 13.2 Å². The van der Waals surface area contributed by atoms with Crippen molar-refractivity contribution in [1.82, 2.24) is 10.3 Å². The van der Waals surface area contributed by atoms with Gasteiger partial charge in [0.1, 0.15) is 5.82 Å². The van der Waals surface area contributed by atoms with Crippen molar-refractivity contribution in [1.29, 1.82) is 0 Å². The van der Waals surface area contributed by atoms with E-state index in [0.29, 0.717) is 6.54 Å². The minimum absolute atomic E-state index is 0.0425. The summed E-state index contributed by atoms with van der Waals surface area (Å²) in [6, 6.07) is 10.3. The van der Waals surface area contributed by atoms with Crippen molar-refractivity contribution < 1.29 is 13.2 Å². The third-order valence-corrected chi connectivity index (χ3v) is 6.83. The quantitative estimate of drug-likeness (QED) is 0.804. The zero-order valence-electron chi connectivity index (χ0n) is 16.2. The van der Waals surface area contributed by atoms with E-state index < -0.39 is 15.7 Å². The number of sulfone groups is 1. The van der Waals surface area contributed by atoms with Gasteiger partial charge < -0.3 is 10.2 Å². The number of hydrogen-bond acceptors (Lipinski definition) is 5. The molecular formula is C21H27N3O3S. The Bertz CT molecular complexity index is 903. The smallest absolute Gasteiger partial charge is 0.252 e. The Kier molecular flexibility index (Phi) is 6.67. The van der Waals surface area contributed by atoms with Crippen molar-refractivity contribution >= 4 is 21.6 Å². The minimum Gasteiger partial charge on any atom is -0.357 e. The summed E-state index contributed by atoms with van der Waals surface area (Å²) in [6.07, 6.45) is 6.71. The second-order valence-corrected chi connectivity index (χ2v) is 9.25. The number of amides is 1. The summed E-state index contributed by atoms with van der Waals surface area (Å²) in [6.45, 7) is 3.94. The fraction of sp³-hybridized carbons (Fsp3) is 0.429. The first-order valence-electron chi connectivity index (χ1n) is 9.81. The van der Waals surface area contributed by atoms with E-state index >= 15 is 0 Å². The molecule has 1 aromatic heterocycles. The minimum atomic E-state index is -3.46. The molecule has 3 rings (SSSR count). The van der Waals surface area contributed by atoms with Crippen LogP contribution in [-0.4, -0.2) is 38.2 Å². The Labute approximate surface area is 166 Å². The molecule has 7 heteroatoms. The SMILES string of the molecule is CCS(=O)(=O)c1ccccc1C(=O)NCc1ccc(N2CCCCCC2)nc1. The molecule has 0 saturated carbocycles. The first-order chi connectivity index (χ1) is 13.5. The molecule has 0 bridgehead atoms. The van der Waals surface area contributed by atoms with E-state index in [1.165, 1.54) is 31.7 Å². The number of carbonyl (C=O) groups excluding carboxylic acids is 1. The van der Waals surface area contributed by atoms with Crippen LogP contribution in [0.15, 0.2) is 47.5 Å². The van der Waals surface area contributed by atoms with E-state index in [2.05, 4.69) is 15.2 Å². The van der Waals surface area contributed by atoms with Gasteiger partial charge in [-0.3, -0.25) is 4.79 Å². The van der Waals surface area contributed by atoms with Gasteiger partial charge in [0.15, 0.2) is 9.84 Å². The molecule has 6 nitrogen and oxygen atoms in total. The van der Waals surface area contributed by atoms with Crippen LogP contribution in [-0.2, 0) is 16.4 Å². The molecule has 1 amide bonds. The first-order valence-corrected chi connectivity index (χ1v) is 11.5. The lowest BCUT2D eigenvalue weighted by Gasteiger charge is -2.21. The van der Waals surface area contributed by atoms with Crippen LogP contribution in [0, 0.1) is 0 Å². The van der Waals surface area contributed by atoms with Gasteiger partial charge in [0.25, 0.3) is 5.91 Å². The maximum absolute atomic E-state index is 12.5. The number of carbonyl (C=O) groups is 1. The van der Waals surface area contributed by atoms with Crippen LogP contribution in [0.25, 0.3) is 0 Å². The molecule has 150 valence electrons. The third kappa shape index (κ3) is 4.90. The highest BCUT2D eigenvalue weighted by molar-refractivity contribution is 7.91. The van der Waals surface area contributed by atoms with Crippen molar-refractivity contribution in [2.75, 3.05) is 23.7 Å². The summed E-state index contributed by atoms with van der Waals surface area (Å²) >= 11 is 0. The lowest BCUT2D eigenvalue weighted by molar-refractivity contribution is 0.0947. The predicted octanol–water partition coefficient (Wildman–Crippen LogP) is 3.19. The standard InChI is InChI=1S/C21H27N3O3S/c1-2-28(26,27)19-10-6-5-9-18(19)21(25)23-16-17-11-12-20(22-15-17)24-13-7-3-4-8-14-24/h5-6,9-12,15H,2-4,7-8,13-14,16H2,1H3,(H,23,25). The zero-order valence-corrected chi connectivity index (χ0v) is 17.0. The van der Waals surface area contributed by atoms with E-state index in [0.717, 1.165) is 24.5 Å². The summed E-state index contributed by atoms with van der Waals surface area (Å²) in [4.78, 5) is 19.5. The van der Waals surface area contributed by atoms with Crippen molar-refractivity contribution in [3.05, 3.63) is 53.7 Å². The highest BCUT2D eigenvalue weighted by Crippen LogP contribution is 2.19. The molecule has 0 radical (unpaired) electrons. The molecule has 2 heterocycles. The molecule has 1 aliphatic rings.